The van der Waals surface area contributed by atoms with Gasteiger partial charge in [0.2, 0.25) is 0 Å². The third kappa shape index (κ3) is 5.10. The highest BCUT2D eigenvalue weighted by molar-refractivity contribution is 9.10. The van der Waals surface area contributed by atoms with Gasteiger partial charge in [-0.05, 0) is 37.3 Å². The quantitative estimate of drug-likeness (QED) is 0.532. The van der Waals surface area contributed by atoms with E-state index in [1.807, 2.05) is 6.92 Å². The molecule has 0 saturated heterocycles. The summed E-state index contributed by atoms with van der Waals surface area (Å²) in [5.74, 6) is -0.160. The summed E-state index contributed by atoms with van der Waals surface area (Å²) in [6.07, 6.45) is 1.58. The second kappa shape index (κ2) is 9.62. The lowest BCUT2D eigenvalue weighted by Crippen LogP contribution is -2.41. The van der Waals surface area contributed by atoms with Crippen LogP contribution in [0.1, 0.15) is 27.6 Å². The Labute approximate surface area is 160 Å². The van der Waals surface area contributed by atoms with Crippen molar-refractivity contribution in [1.29, 1.82) is 0 Å². The van der Waals surface area contributed by atoms with E-state index in [0.29, 0.717) is 29.2 Å². The number of benzene rings is 2. The van der Waals surface area contributed by atoms with Gasteiger partial charge in [0.25, 0.3) is 11.8 Å². The number of hydrogen-bond acceptors (Lipinski definition) is 4. The molecular weight excluding hydrogens is 400 g/mol. The molecule has 0 aliphatic rings. The van der Waals surface area contributed by atoms with E-state index in [9.17, 15) is 9.59 Å². The molecule has 0 spiro atoms. The fraction of sp³-hybridized carbons (Fsp3) is 0.158. The number of amides is 2. The number of halogens is 1. The molecule has 2 N–H and O–H groups in total. The summed E-state index contributed by atoms with van der Waals surface area (Å²) in [5.41, 5.74) is 5.38. The molecule has 0 saturated carbocycles. The van der Waals surface area contributed by atoms with Crippen LogP contribution in [0, 0.1) is 0 Å². The van der Waals surface area contributed by atoms with E-state index >= 15 is 0 Å². The minimum absolute atomic E-state index is 0.270. The van der Waals surface area contributed by atoms with Gasteiger partial charge < -0.3 is 9.47 Å². The van der Waals surface area contributed by atoms with Crippen LogP contribution < -0.4 is 20.3 Å². The van der Waals surface area contributed by atoms with Gasteiger partial charge in [0, 0.05) is 4.47 Å². The molecule has 0 unspecified atom stereocenters. The molecule has 2 aromatic rings. The Kier molecular flexibility index (Phi) is 7.23. The summed E-state index contributed by atoms with van der Waals surface area (Å²) in [6.45, 7) is 6.09. The van der Waals surface area contributed by atoms with Gasteiger partial charge in [0.15, 0.2) is 0 Å². The van der Waals surface area contributed by atoms with Crippen molar-refractivity contribution in [2.75, 3.05) is 13.2 Å². The maximum Gasteiger partial charge on any atom is 0.273 e. The van der Waals surface area contributed by atoms with Crippen LogP contribution in [0.5, 0.6) is 11.5 Å². The largest absolute Gasteiger partial charge is 0.493 e. The average molecular weight is 419 g/mol. The molecule has 6 nitrogen and oxygen atoms in total. The number of hydrogen-bond donors (Lipinski definition) is 2. The first-order valence-corrected chi connectivity index (χ1v) is 8.71. The summed E-state index contributed by atoms with van der Waals surface area (Å²) in [6, 6.07) is 11.8. The first-order valence-electron chi connectivity index (χ1n) is 7.92. The Morgan fingerprint density at radius 1 is 1.04 bits per heavy atom. The lowest BCUT2D eigenvalue weighted by molar-refractivity contribution is 0.0842. The molecule has 7 heteroatoms. The van der Waals surface area contributed by atoms with Crippen molar-refractivity contribution < 1.29 is 19.1 Å². The Morgan fingerprint density at radius 2 is 1.69 bits per heavy atom. The summed E-state index contributed by atoms with van der Waals surface area (Å²) in [7, 11) is 0. The Bertz CT molecular complexity index is 808. The molecule has 0 atom stereocenters. The number of hydrazine groups is 1. The van der Waals surface area contributed by atoms with Gasteiger partial charge >= 0.3 is 0 Å². The van der Waals surface area contributed by atoms with Crippen LogP contribution in [0.4, 0.5) is 0 Å². The van der Waals surface area contributed by atoms with Crippen LogP contribution in [-0.2, 0) is 0 Å². The summed E-state index contributed by atoms with van der Waals surface area (Å²) < 4.78 is 11.6. The van der Waals surface area contributed by atoms with E-state index in [4.69, 9.17) is 9.47 Å². The highest BCUT2D eigenvalue weighted by atomic mass is 79.9. The molecule has 0 bridgehead atoms. The molecular formula is C19H19BrN2O4. The van der Waals surface area contributed by atoms with Crippen LogP contribution in [0.3, 0.4) is 0 Å². The van der Waals surface area contributed by atoms with Crippen molar-refractivity contribution >= 4 is 27.7 Å². The predicted octanol–water partition coefficient (Wildman–Crippen LogP) is 3.49. The van der Waals surface area contributed by atoms with E-state index in [1.165, 1.54) is 0 Å². The van der Waals surface area contributed by atoms with Gasteiger partial charge in [0.1, 0.15) is 18.1 Å². The molecule has 0 fully saturated rings. The first-order chi connectivity index (χ1) is 12.6. The third-order valence-corrected chi connectivity index (χ3v) is 3.76. The molecule has 0 aromatic heterocycles. The topological polar surface area (TPSA) is 76.7 Å². The van der Waals surface area contributed by atoms with Crippen molar-refractivity contribution in [2.45, 2.75) is 6.92 Å². The minimum Gasteiger partial charge on any atom is -0.493 e. The number of ether oxygens (including phenoxy) is 2. The Balaban J connectivity index is 2.09. The highest BCUT2D eigenvalue weighted by Gasteiger charge is 2.16. The highest BCUT2D eigenvalue weighted by Crippen LogP contribution is 2.23. The first kappa shape index (κ1) is 19.5. The van der Waals surface area contributed by atoms with Crippen LogP contribution in [0.25, 0.3) is 0 Å². The van der Waals surface area contributed by atoms with Crippen molar-refractivity contribution in [3.05, 3.63) is 70.7 Å². The van der Waals surface area contributed by atoms with Crippen molar-refractivity contribution in [3.8, 4) is 11.5 Å². The standard InChI is InChI=1S/C19H19BrN2O4/c1-3-11-26-16-8-6-5-7-14(16)18(23)21-22-19(24)15-12-13(20)9-10-17(15)25-4-2/h3,5-10,12H,1,4,11H2,2H3,(H,21,23)(H,22,24). The normalized spacial score (nSPS) is 9.92. The van der Waals surface area contributed by atoms with Crippen molar-refractivity contribution in [2.24, 2.45) is 0 Å². The molecule has 2 rings (SSSR count). The molecule has 0 aliphatic heterocycles. The number of nitrogens with one attached hydrogen (secondary N) is 2. The van der Waals surface area contributed by atoms with Crippen LogP contribution >= 0.6 is 15.9 Å². The second-order valence-electron chi connectivity index (χ2n) is 5.08. The number of para-hydroxylation sites is 1. The maximum absolute atomic E-state index is 12.4. The van der Waals surface area contributed by atoms with Crippen LogP contribution in [0.2, 0.25) is 0 Å². The second-order valence-corrected chi connectivity index (χ2v) is 5.99. The lowest BCUT2D eigenvalue weighted by atomic mass is 10.2. The number of rotatable bonds is 7. The third-order valence-electron chi connectivity index (χ3n) is 3.26. The molecule has 26 heavy (non-hydrogen) atoms. The molecule has 0 heterocycles. The number of carbonyl (C=O) groups excluding carboxylic acids is 2. The summed E-state index contributed by atoms with van der Waals surface area (Å²) in [5, 5.41) is 0. The SMILES string of the molecule is C=CCOc1ccccc1C(=O)NNC(=O)c1cc(Br)ccc1OCC. The summed E-state index contributed by atoms with van der Waals surface area (Å²) >= 11 is 3.32. The predicted molar refractivity (Wildman–Crippen MR) is 102 cm³/mol. The molecule has 2 aromatic carbocycles. The van der Waals surface area contributed by atoms with Crippen LogP contribution in [0.15, 0.2) is 59.6 Å². The van der Waals surface area contributed by atoms with Gasteiger partial charge in [-0.1, -0.05) is 40.7 Å². The van der Waals surface area contributed by atoms with Gasteiger partial charge in [0.05, 0.1) is 17.7 Å². The van der Waals surface area contributed by atoms with E-state index in [1.54, 1.807) is 48.5 Å². The molecule has 136 valence electrons. The Hall–Kier alpha value is -2.80. The minimum atomic E-state index is -0.494. The van der Waals surface area contributed by atoms with Gasteiger partial charge in [-0.3, -0.25) is 20.4 Å². The Morgan fingerprint density at radius 3 is 2.38 bits per heavy atom. The van der Waals surface area contributed by atoms with E-state index in [0.717, 1.165) is 4.47 Å². The molecule has 2 amide bonds. The fourth-order valence-electron chi connectivity index (χ4n) is 2.14. The van der Waals surface area contributed by atoms with E-state index in [-0.39, 0.29) is 6.61 Å². The van der Waals surface area contributed by atoms with Crippen molar-refractivity contribution in [1.82, 2.24) is 10.9 Å². The molecule has 0 radical (unpaired) electrons. The van der Waals surface area contributed by atoms with E-state index in [2.05, 4.69) is 33.4 Å². The van der Waals surface area contributed by atoms with Crippen LogP contribution in [-0.4, -0.2) is 25.0 Å². The fourth-order valence-corrected chi connectivity index (χ4v) is 2.50. The zero-order valence-electron chi connectivity index (χ0n) is 14.3. The van der Waals surface area contributed by atoms with E-state index < -0.39 is 11.8 Å². The smallest absolute Gasteiger partial charge is 0.273 e. The lowest BCUT2D eigenvalue weighted by Gasteiger charge is -2.13. The molecule has 0 aliphatic carbocycles. The monoisotopic (exact) mass is 418 g/mol. The van der Waals surface area contributed by atoms with Gasteiger partial charge in [-0.25, -0.2) is 0 Å². The average Bonchev–Trinajstić information content (AvgIpc) is 2.66. The number of carbonyl (C=O) groups is 2. The maximum atomic E-state index is 12.4. The zero-order valence-corrected chi connectivity index (χ0v) is 15.8. The van der Waals surface area contributed by atoms with Gasteiger partial charge in [-0.15, -0.1) is 0 Å². The van der Waals surface area contributed by atoms with Crippen molar-refractivity contribution in [3.63, 3.8) is 0 Å². The van der Waals surface area contributed by atoms with Gasteiger partial charge in [-0.2, -0.15) is 0 Å². The summed E-state index contributed by atoms with van der Waals surface area (Å²) in [4.78, 5) is 24.8. The zero-order chi connectivity index (χ0) is 18.9.